The van der Waals surface area contributed by atoms with Crippen molar-refractivity contribution in [3.63, 3.8) is 0 Å². The molecular formula is C11H24N2. The summed E-state index contributed by atoms with van der Waals surface area (Å²) in [6.07, 6.45) is 3.83. The zero-order chi connectivity index (χ0) is 9.90. The van der Waals surface area contributed by atoms with Crippen molar-refractivity contribution in [2.45, 2.75) is 46.1 Å². The molecule has 1 unspecified atom stereocenters. The van der Waals surface area contributed by atoms with Crippen molar-refractivity contribution in [3.05, 3.63) is 0 Å². The Morgan fingerprint density at radius 2 is 2.00 bits per heavy atom. The Kier molecular flexibility index (Phi) is 3.74. The largest absolute Gasteiger partial charge is 0.330 e. The summed E-state index contributed by atoms with van der Waals surface area (Å²) in [5, 5.41) is 0. The summed E-state index contributed by atoms with van der Waals surface area (Å²) in [6.45, 7) is 10.2. The molecule has 78 valence electrons. The predicted molar refractivity (Wildman–Crippen MR) is 57.7 cm³/mol. The lowest BCUT2D eigenvalue weighted by molar-refractivity contribution is 0.203. The topological polar surface area (TPSA) is 29.3 Å². The van der Waals surface area contributed by atoms with E-state index < -0.39 is 0 Å². The number of hydrogen-bond acceptors (Lipinski definition) is 2. The molecule has 0 aromatic carbocycles. The molecule has 2 heteroatoms. The highest BCUT2D eigenvalue weighted by Crippen LogP contribution is 2.30. The van der Waals surface area contributed by atoms with Crippen LogP contribution < -0.4 is 5.73 Å². The van der Waals surface area contributed by atoms with Gasteiger partial charge in [-0.05, 0) is 37.8 Å². The molecule has 0 spiro atoms. The van der Waals surface area contributed by atoms with E-state index in [1.807, 2.05) is 0 Å². The SMILES string of the molecule is CCC(CC)N1CCC(C)(CN)C1. The first kappa shape index (κ1) is 11.0. The molecule has 0 radical (unpaired) electrons. The van der Waals surface area contributed by atoms with Crippen LogP contribution in [0, 0.1) is 5.41 Å². The zero-order valence-corrected chi connectivity index (χ0v) is 9.34. The van der Waals surface area contributed by atoms with E-state index in [0.29, 0.717) is 5.41 Å². The van der Waals surface area contributed by atoms with E-state index in [1.54, 1.807) is 0 Å². The molecule has 0 amide bonds. The normalized spacial score (nSPS) is 30.2. The Hall–Kier alpha value is -0.0800. The third kappa shape index (κ3) is 2.44. The van der Waals surface area contributed by atoms with Gasteiger partial charge in [0.1, 0.15) is 0 Å². The number of nitrogens with two attached hydrogens (primary N) is 1. The van der Waals surface area contributed by atoms with Crippen LogP contribution >= 0.6 is 0 Å². The fourth-order valence-corrected chi connectivity index (χ4v) is 2.35. The summed E-state index contributed by atoms with van der Waals surface area (Å²) >= 11 is 0. The molecule has 1 saturated heterocycles. The molecule has 1 aliphatic heterocycles. The Labute approximate surface area is 82.5 Å². The van der Waals surface area contributed by atoms with Gasteiger partial charge < -0.3 is 5.73 Å². The molecule has 1 rings (SSSR count). The van der Waals surface area contributed by atoms with Crippen LogP contribution in [-0.4, -0.2) is 30.6 Å². The van der Waals surface area contributed by atoms with Gasteiger partial charge in [0.25, 0.3) is 0 Å². The van der Waals surface area contributed by atoms with E-state index in [9.17, 15) is 0 Å². The summed E-state index contributed by atoms with van der Waals surface area (Å²) in [5.41, 5.74) is 6.18. The van der Waals surface area contributed by atoms with E-state index in [-0.39, 0.29) is 0 Å². The van der Waals surface area contributed by atoms with Gasteiger partial charge in [-0.3, -0.25) is 4.90 Å². The molecule has 2 nitrogen and oxygen atoms in total. The van der Waals surface area contributed by atoms with Crippen molar-refractivity contribution >= 4 is 0 Å². The Morgan fingerprint density at radius 3 is 2.38 bits per heavy atom. The minimum Gasteiger partial charge on any atom is -0.330 e. The summed E-state index contributed by atoms with van der Waals surface area (Å²) in [6, 6.07) is 0.786. The molecule has 0 aromatic rings. The van der Waals surface area contributed by atoms with E-state index in [4.69, 9.17) is 5.73 Å². The second-order valence-electron chi connectivity index (χ2n) is 4.71. The van der Waals surface area contributed by atoms with Gasteiger partial charge in [-0.1, -0.05) is 20.8 Å². The quantitative estimate of drug-likeness (QED) is 0.722. The Morgan fingerprint density at radius 1 is 1.38 bits per heavy atom. The number of hydrogen-bond donors (Lipinski definition) is 1. The highest BCUT2D eigenvalue weighted by molar-refractivity contribution is 4.89. The second-order valence-corrected chi connectivity index (χ2v) is 4.71. The molecule has 13 heavy (non-hydrogen) atoms. The van der Waals surface area contributed by atoms with E-state index in [1.165, 1.54) is 32.4 Å². The molecule has 1 fully saturated rings. The summed E-state index contributed by atoms with van der Waals surface area (Å²) in [5.74, 6) is 0. The van der Waals surface area contributed by atoms with E-state index in [2.05, 4.69) is 25.7 Å². The minimum absolute atomic E-state index is 0.391. The van der Waals surface area contributed by atoms with Gasteiger partial charge in [0.05, 0.1) is 0 Å². The smallest absolute Gasteiger partial charge is 0.00902 e. The first-order valence-electron chi connectivity index (χ1n) is 5.59. The first-order valence-corrected chi connectivity index (χ1v) is 5.59. The summed E-state index contributed by atoms with van der Waals surface area (Å²) < 4.78 is 0. The van der Waals surface area contributed by atoms with Gasteiger partial charge in [0.2, 0.25) is 0 Å². The standard InChI is InChI=1S/C11H24N2/c1-4-10(5-2)13-7-6-11(3,8-12)9-13/h10H,4-9,12H2,1-3H3. The van der Waals surface area contributed by atoms with Crippen molar-refractivity contribution in [2.75, 3.05) is 19.6 Å². The van der Waals surface area contributed by atoms with Gasteiger partial charge in [-0.15, -0.1) is 0 Å². The highest BCUT2D eigenvalue weighted by Gasteiger charge is 2.34. The van der Waals surface area contributed by atoms with Crippen molar-refractivity contribution in [3.8, 4) is 0 Å². The summed E-state index contributed by atoms with van der Waals surface area (Å²) in [7, 11) is 0. The average Bonchev–Trinajstić information content (AvgIpc) is 2.52. The third-order valence-corrected chi connectivity index (χ3v) is 3.54. The van der Waals surface area contributed by atoms with Crippen molar-refractivity contribution in [1.82, 2.24) is 4.90 Å². The van der Waals surface area contributed by atoms with Crippen LogP contribution in [-0.2, 0) is 0 Å². The van der Waals surface area contributed by atoms with Crippen LogP contribution in [0.3, 0.4) is 0 Å². The maximum atomic E-state index is 5.79. The molecule has 1 atom stereocenters. The van der Waals surface area contributed by atoms with Crippen molar-refractivity contribution in [2.24, 2.45) is 11.1 Å². The number of rotatable bonds is 4. The predicted octanol–water partition coefficient (Wildman–Crippen LogP) is 1.85. The van der Waals surface area contributed by atoms with Gasteiger partial charge >= 0.3 is 0 Å². The summed E-state index contributed by atoms with van der Waals surface area (Å²) in [4.78, 5) is 2.62. The van der Waals surface area contributed by atoms with Crippen LogP contribution in [0.15, 0.2) is 0 Å². The average molecular weight is 184 g/mol. The lowest BCUT2D eigenvalue weighted by atomic mass is 9.90. The van der Waals surface area contributed by atoms with Crippen molar-refractivity contribution < 1.29 is 0 Å². The Bertz CT molecular complexity index is 154. The second kappa shape index (κ2) is 4.43. The van der Waals surface area contributed by atoms with E-state index in [0.717, 1.165) is 12.6 Å². The maximum Gasteiger partial charge on any atom is 0.00902 e. The van der Waals surface area contributed by atoms with Crippen LogP contribution in [0.5, 0.6) is 0 Å². The molecule has 0 aromatic heterocycles. The van der Waals surface area contributed by atoms with Crippen LogP contribution in [0.25, 0.3) is 0 Å². The fraction of sp³-hybridized carbons (Fsp3) is 1.00. The Balaban J connectivity index is 2.48. The first-order chi connectivity index (χ1) is 6.15. The van der Waals surface area contributed by atoms with Crippen LogP contribution in [0.2, 0.25) is 0 Å². The lowest BCUT2D eigenvalue weighted by Gasteiger charge is -2.28. The van der Waals surface area contributed by atoms with Gasteiger partial charge in [-0.25, -0.2) is 0 Å². The van der Waals surface area contributed by atoms with Gasteiger partial charge in [0, 0.05) is 12.6 Å². The monoisotopic (exact) mass is 184 g/mol. The third-order valence-electron chi connectivity index (χ3n) is 3.54. The molecule has 0 saturated carbocycles. The van der Waals surface area contributed by atoms with Crippen LogP contribution in [0.4, 0.5) is 0 Å². The molecule has 1 heterocycles. The highest BCUT2D eigenvalue weighted by atomic mass is 15.2. The minimum atomic E-state index is 0.391. The van der Waals surface area contributed by atoms with E-state index >= 15 is 0 Å². The lowest BCUT2D eigenvalue weighted by Crippen LogP contribution is -2.36. The van der Waals surface area contributed by atoms with Crippen LogP contribution in [0.1, 0.15) is 40.0 Å². The fourth-order valence-electron chi connectivity index (χ4n) is 2.35. The zero-order valence-electron chi connectivity index (χ0n) is 9.34. The van der Waals surface area contributed by atoms with Gasteiger partial charge in [0.15, 0.2) is 0 Å². The molecule has 2 N–H and O–H groups in total. The molecule has 0 aliphatic carbocycles. The number of likely N-dealkylation sites (tertiary alicyclic amines) is 1. The molecular weight excluding hydrogens is 160 g/mol. The van der Waals surface area contributed by atoms with Crippen molar-refractivity contribution in [1.29, 1.82) is 0 Å². The molecule has 1 aliphatic rings. The number of nitrogens with zero attached hydrogens (tertiary/aromatic N) is 1. The van der Waals surface area contributed by atoms with Gasteiger partial charge in [-0.2, -0.15) is 0 Å². The maximum absolute atomic E-state index is 5.79. The molecule has 0 bridgehead atoms.